The van der Waals surface area contributed by atoms with Crippen molar-refractivity contribution in [3.8, 4) is 0 Å². The van der Waals surface area contributed by atoms with Crippen molar-refractivity contribution in [1.29, 1.82) is 0 Å². The Morgan fingerprint density at radius 3 is 1.43 bits per heavy atom. The lowest BCUT2D eigenvalue weighted by Crippen LogP contribution is -2.10. The van der Waals surface area contributed by atoms with Crippen LogP contribution < -0.4 is 0 Å². The van der Waals surface area contributed by atoms with Gasteiger partial charge in [0.2, 0.25) is 0 Å². The molecule has 4 nitrogen and oxygen atoms in total. The van der Waals surface area contributed by atoms with Crippen LogP contribution in [0, 0.1) is 48.5 Å². The van der Waals surface area contributed by atoms with Gasteiger partial charge in [0.15, 0.2) is 0 Å². The number of aryl methyl sites for hydroxylation is 1. The summed E-state index contributed by atoms with van der Waals surface area (Å²) in [5, 5.41) is 0. The Balaban J connectivity index is 2.81. The molecule has 0 N–H and O–H groups in total. The highest BCUT2D eigenvalue weighted by Crippen LogP contribution is 2.35. The summed E-state index contributed by atoms with van der Waals surface area (Å²) in [4.78, 5) is -0.649. The second-order valence-corrected chi connectivity index (χ2v) is 9.86. The second-order valence-electron chi connectivity index (χ2n) is 7.29. The predicted octanol–water partition coefficient (Wildman–Crippen LogP) is 4.75. The summed E-state index contributed by atoms with van der Waals surface area (Å²) in [6, 6.07) is 1.81. The Kier molecular flexibility index (Phi) is 5.80. The standard InChI is InChI=1S/C20H24F2O4S2/c1-10-8-17(16(7)19(11(10)2)27(21,23)24)9-18-12(3)14(5)20(28(22,25)26)15(6)13(18)4/h8H,9H2,1-7H3. The van der Waals surface area contributed by atoms with Crippen LogP contribution in [-0.4, -0.2) is 16.8 Å². The van der Waals surface area contributed by atoms with Gasteiger partial charge in [0, 0.05) is 0 Å². The van der Waals surface area contributed by atoms with Crippen molar-refractivity contribution < 1.29 is 24.6 Å². The Bertz CT molecular complexity index is 1170. The van der Waals surface area contributed by atoms with E-state index in [-0.39, 0.29) is 16.2 Å². The van der Waals surface area contributed by atoms with Crippen molar-refractivity contribution in [3.05, 3.63) is 56.1 Å². The molecule has 0 aliphatic rings. The lowest BCUT2D eigenvalue weighted by Gasteiger charge is -2.21. The summed E-state index contributed by atoms with van der Waals surface area (Å²) in [5.74, 6) is 0. The van der Waals surface area contributed by atoms with E-state index in [9.17, 15) is 24.6 Å². The molecule has 0 heterocycles. The molecule has 0 unspecified atom stereocenters. The normalized spacial score (nSPS) is 12.5. The zero-order valence-electron chi connectivity index (χ0n) is 17.0. The molecule has 0 saturated heterocycles. The Morgan fingerprint density at radius 1 is 0.643 bits per heavy atom. The maximum absolute atomic E-state index is 13.9. The maximum atomic E-state index is 13.9. The summed E-state index contributed by atoms with van der Waals surface area (Å²) in [6.07, 6.45) is 0.279. The van der Waals surface area contributed by atoms with E-state index in [0.717, 1.165) is 5.56 Å². The van der Waals surface area contributed by atoms with Gasteiger partial charge in [-0.05, 0) is 105 Å². The van der Waals surface area contributed by atoms with Crippen LogP contribution in [0.4, 0.5) is 7.77 Å². The van der Waals surface area contributed by atoms with Crippen molar-refractivity contribution in [1.82, 2.24) is 0 Å². The second kappa shape index (κ2) is 7.22. The molecule has 0 fully saturated rings. The molecule has 0 amide bonds. The van der Waals surface area contributed by atoms with Crippen molar-refractivity contribution in [3.63, 3.8) is 0 Å². The van der Waals surface area contributed by atoms with Gasteiger partial charge in [-0.1, -0.05) is 6.07 Å². The zero-order valence-corrected chi connectivity index (χ0v) is 18.6. The summed E-state index contributed by atoms with van der Waals surface area (Å²) >= 11 is 0. The largest absolute Gasteiger partial charge is 0.332 e. The highest BCUT2D eigenvalue weighted by Gasteiger charge is 2.26. The van der Waals surface area contributed by atoms with Crippen LogP contribution in [-0.2, 0) is 26.9 Å². The lowest BCUT2D eigenvalue weighted by molar-refractivity contribution is 0.548. The quantitative estimate of drug-likeness (QED) is 0.657. The SMILES string of the molecule is Cc1cc(Cc2c(C)c(C)c(S(=O)(=O)F)c(C)c2C)c(C)c(S(=O)(=O)F)c1C. The Morgan fingerprint density at radius 2 is 1.04 bits per heavy atom. The number of halogens is 2. The van der Waals surface area contributed by atoms with Gasteiger partial charge >= 0.3 is 20.4 Å². The fourth-order valence-electron chi connectivity index (χ4n) is 3.81. The Hall–Kier alpha value is -1.80. The third kappa shape index (κ3) is 3.85. The highest BCUT2D eigenvalue weighted by molar-refractivity contribution is 7.86. The molecule has 0 radical (unpaired) electrons. The first-order valence-corrected chi connectivity index (χ1v) is 11.4. The minimum absolute atomic E-state index is 0.279. The molecular formula is C20H24F2O4S2. The molecule has 0 atom stereocenters. The average molecular weight is 431 g/mol. The molecule has 0 saturated carbocycles. The first kappa shape index (κ1) is 22.5. The number of rotatable bonds is 4. The molecule has 28 heavy (non-hydrogen) atoms. The van der Waals surface area contributed by atoms with Crippen LogP contribution in [0.25, 0.3) is 0 Å². The maximum Gasteiger partial charge on any atom is 0.332 e. The van der Waals surface area contributed by atoms with E-state index in [4.69, 9.17) is 0 Å². The zero-order chi connectivity index (χ0) is 21.8. The summed E-state index contributed by atoms with van der Waals surface area (Å²) in [5.41, 5.74) is 4.59. The first-order chi connectivity index (χ1) is 12.6. The molecule has 0 bridgehead atoms. The van der Waals surface area contributed by atoms with E-state index < -0.39 is 20.4 Å². The molecule has 0 aliphatic heterocycles. The van der Waals surface area contributed by atoms with Crippen molar-refractivity contribution in [2.24, 2.45) is 0 Å². The van der Waals surface area contributed by atoms with Crippen LogP contribution in [0.5, 0.6) is 0 Å². The van der Waals surface area contributed by atoms with E-state index in [2.05, 4.69) is 0 Å². The molecule has 2 aromatic carbocycles. The molecule has 0 spiro atoms. The fraction of sp³-hybridized carbons (Fsp3) is 0.400. The van der Waals surface area contributed by atoms with Gasteiger partial charge in [-0.3, -0.25) is 0 Å². The highest BCUT2D eigenvalue weighted by atomic mass is 32.3. The van der Waals surface area contributed by atoms with E-state index in [1.165, 1.54) is 0 Å². The van der Waals surface area contributed by atoms with Gasteiger partial charge in [0.25, 0.3) is 0 Å². The molecule has 0 aromatic heterocycles. The third-order valence-electron chi connectivity index (χ3n) is 5.71. The van der Waals surface area contributed by atoms with Crippen LogP contribution in [0.15, 0.2) is 15.9 Å². The number of benzene rings is 2. The van der Waals surface area contributed by atoms with Crippen LogP contribution in [0.2, 0.25) is 0 Å². The van der Waals surface area contributed by atoms with Gasteiger partial charge in [-0.15, -0.1) is 7.77 Å². The summed E-state index contributed by atoms with van der Waals surface area (Å²) in [6.45, 7) is 11.3. The predicted molar refractivity (Wildman–Crippen MR) is 105 cm³/mol. The van der Waals surface area contributed by atoms with Gasteiger partial charge in [0.1, 0.15) is 9.79 Å². The number of hydrogen-bond donors (Lipinski definition) is 0. The van der Waals surface area contributed by atoms with Gasteiger partial charge < -0.3 is 0 Å². The van der Waals surface area contributed by atoms with Crippen molar-refractivity contribution in [2.75, 3.05) is 0 Å². The van der Waals surface area contributed by atoms with Crippen molar-refractivity contribution >= 4 is 20.4 Å². The molecular weight excluding hydrogens is 406 g/mol. The van der Waals surface area contributed by atoms with E-state index in [0.29, 0.717) is 44.5 Å². The monoisotopic (exact) mass is 430 g/mol. The van der Waals surface area contributed by atoms with Gasteiger partial charge in [0.05, 0.1) is 0 Å². The van der Waals surface area contributed by atoms with Crippen LogP contribution in [0.3, 0.4) is 0 Å². The molecule has 0 aliphatic carbocycles. The van der Waals surface area contributed by atoms with E-state index in [1.807, 2.05) is 6.07 Å². The molecule has 154 valence electrons. The average Bonchev–Trinajstić information content (AvgIpc) is 2.52. The Labute approximate surface area is 166 Å². The summed E-state index contributed by atoms with van der Waals surface area (Å²) < 4.78 is 74.1. The lowest BCUT2D eigenvalue weighted by atomic mass is 9.88. The van der Waals surface area contributed by atoms with Gasteiger partial charge in [-0.2, -0.15) is 16.8 Å². The fourth-order valence-corrected chi connectivity index (χ4v) is 5.87. The smallest absolute Gasteiger partial charge is 0.189 e. The van der Waals surface area contributed by atoms with Gasteiger partial charge in [-0.25, -0.2) is 0 Å². The van der Waals surface area contributed by atoms with Crippen LogP contribution >= 0.6 is 0 Å². The molecule has 2 aromatic rings. The van der Waals surface area contributed by atoms with E-state index in [1.54, 1.807) is 48.5 Å². The third-order valence-corrected chi connectivity index (χ3v) is 7.91. The summed E-state index contributed by atoms with van der Waals surface area (Å²) in [7, 11) is -9.77. The molecule has 8 heteroatoms. The van der Waals surface area contributed by atoms with Crippen LogP contribution in [0.1, 0.15) is 50.1 Å². The minimum atomic E-state index is -4.89. The molecule has 2 rings (SSSR count). The topological polar surface area (TPSA) is 68.3 Å². The number of hydrogen-bond acceptors (Lipinski definition) is 4. The van der Waals surface area contributed by atoms with E-state index >= 15 is 0 Å². The first-order valence-electron chi connectivity index (χ1n) is 8.67. The minimum Gasteiger partial charge on any atom is -0.189 e. The van der Waals surface area contributed by atoms with Crippen molar-refractivity contribution in [2.45, 2.75) is 64.7 Å².